The molecule has 0 unspecified atom stereocenters. The van der Waals surface area contributed by atoms with E-state index in [1.54, 1.807) is 12.1 Å². The molecule has 1 aromatic carbocycles. The number of nitro benzene ring substituents is 1. The van der Waals surface area contributed by atoms with Crippen LogP contribution in [0.5, 0.6) is 5.75 Å². The van der Waals surface area contributed by atoms with Crippen molar-refractivity contribution in [1.82, 2.24) is 4.90 Å². The monoisotopic (exact) mass is 300 g/mol. The fraction of sp³-hybridized carbons (Fsp3) is 0.571. The van der Waals surface area contributed by atoms with Gasteiger partial charge >= 0.3 is 5.69 Å². The molecule has 0 bridgehead atoms. The Morgan fingerprint density at radius 2 is 2.00 bits per heavy atom. The summed E-state index contributed by atoms with van der Waals surface area (Å²) < 4.78 is 5.60. The number of halogens is 1. The Kier molecular flexibility index (Phi) is 6.75. The minimum Gasteiger partial charge on any atom is -0.485 e. The van der Waals surface area contributed by atoms with Gasteiger partial charge in [-0.25, -0.2) is 0 Å². The van der Waals surface area contributed by atoms with Crippen LogP contribution in [-0.2, 0) is 0 Å². The Bertz CT molecular complexity index is 448. The van der Waals surface area contributed by atoms with Crippen LogP contribution >= 0.6 is 12.4 Å². The van der Waals surface area contributed by atoms with E-state index in [0.717, 1.165) is 25.2 Å². The van der Waals surface area contributed by atoms with Crippen molar-refractivity contribution in [3.05, 3.63) is 33.9 Å². The van der Waals surface area contributed by atoms with Crippen LogP contribution < -0.4 is 4.74 Å². The van der Waals surface area contributed by atoms with E-state index in [-0.39, 0.29) is 18.1 Å². The molecule has 1 aliphatic rings. The zero-order valence-corrected chi connectivity index (χ0v) is 12.5. The van der Waals surface area contributed by atoms with Gasteiger partial charge in [0.2, 0.25) is 0 Å². The van der Waals surface area contributed by atoms with Crippen molar-refractivity contribution in [2.75, 3.05) is 26.2 Å². The first-order chi connectivity index (χ1) is 9.16. The minimum atomic E-state index is -0.393. The lowest BCUT2D eigenvalue weighted by Crippen LogP contribution is -2.33. The largest absolute Gasteiger partial charge is 0.485 e. The molecule has 0 spiro atoms. The third kappa shape index (κ3) is 4.65. The first-order valence-electron chi connectivity index (χ1n) is 6.77. The first kappa shape index (κ1) is 16.7. The fourth-order valence-electron chi connectivity index (χ4n) is 2.36. The van der Waals surface area contributed by atoms with Gasteiger partial charge in [0.25, 0.3) is 0 Å². The van der Waals surface area contributed by atoms with Crippen molar-refractivity contribution in [2.24, 2.45) is 0 Å². The van der Waals surface area contributed by atoms with E-state index in [9.17, 15) is 10.1 Å². The van der Waals surface area contributed by atoms with Gasteiger partial charge in [0.05, 0.1) is 4.92 Å². The smallest absolute Gasteiger partial charge is 0.310 e. The highest BCUT2D eigenvalue weighted by Gasteiger charge is 2.15. The summed E-state index contributed by atoms with van der Waals surface area (Å²) in [4.78, 5) is 12.9. The maximum Gasteiger partial charge on any atom is 0.310 e. The van der Waals surface area contributed by atoms with Crippen LogP contribution in [0.1, 0.15) is 24.8 Å². The van der Waals surface area contributed by atoms with E-state index in [2.05, 4.69) is 4.90 Å². The van der Waals surface area contributed by atoms with Gasteiger partial charge in [-0.3, -0.25) is 15.0 Å². The highest BCUT2D eigenvalue weighted by atomic mass is 35.5. The summed E-state index contributed by atoms with van der Waals surface area (Å²) in [6, 6.07) is 4.97. The molecule has 0 radical (unpaired) electrons. The summed E-state index contributed by atoms with van der Waals surface area (Å²) in [5.74, 6) is 0.377. The Morgan fingerprint density at radius 3 is 2.65 bits per heavy atom. The van der Waals surface area contributed by atoms with Crippen molar-refractivity contribution in [3.63, 3.8) is 0 Å². The second-order valence-corrected chi connectivity index (χ2v) is 4.98. The summed E-state index contributed by atoms with van der Waals surface area (Å²) in [6.45, 7) is 5.47. The number of nitro groups is 1. The van der Waals surface area contributed by atoms with E-state index in [4.69, 9.17) is 4.74 Å². The number of aryl methyl sites for hydroxylation is 1. The summed E-state index contributed by atoms with van der Waals surface area (Å²) >= 11 is 0. The van der Waals surface area contributed by atoms with Crippen molar-refractivity contribution in [3.8, 4) is 5.75 Å². The lowest BCUT2D eigenvalue weighted by Gasteiger charge is -2.26. The topological polar surface area (TPSA) is 55.6 Å². The Hall–Kier alpha value is -1.33. The number of benzene rings is 1. The predicted molar refractivity (Wildman–Crippen MR) is 80.9 cm³/mol. The molecule has 1 saturated heterocycles. The SMILES string of the molecule is Cc1ccc([N+](=O)[O-])c(OCCN2CCCCC2)c1.Cl. The van der Waals surface area contributed by atoms with Gasteiger partial charge in [0, 0.05) is 12.6 Å². The van der Waals surface area contributed by atoms with Crippen molar-refractivity contribution in [2.45, 2.75) is 26.2 Å². The van der Waals surface area contributed by atoms with E-state index >= 15 is 0 Å². The molecule has 0 N–H and O–H groups in total. The molecule has 0 amide bonds. The zero-order valence-electron chi connectivity index (χ0n) is 11.7. The number of hydrogen-bond donors (Lipinski definition) is 0. The molecule has 0 saturated carbocycles. The molecule has 1 aliphatic heterocycles. The van der Waals surface area contributed by atoms with Crippen LogP contribution in [-0.4, -0.2) is 36.1 Å². The molecule has 112 valence electrons. The molecule has 0 aromatic heterocycles. The standard InChI is InChI=1S/C14H20N2O3.ClH/c1-12-5-6-13(16(17)18)14(11-12)19-10-9-15-7-3-2-4-8-15;/h5-6,11H,2-4,7-10H2,1H3;1H. The van der Waals surface area contributed by atoms with Crippen LogP contribution in [0, 0.1) is 17.0 Å². The van der Waals surface area contributed by atoms with Gasteiger partial charge in [-0.2, -0.15) is 0 Å². The normalized spacial score (nSPS) is 15.4. The van der Waals surface area contributed by atoms with E-state index in [1.807, 2.05) is 6.92 Å². The predicted octanol–water partition coefficient (Wildman–Crippen LogP) is 3.19. The van der Waals surface area contributed by atoms with Gasteiger partial charge in [0.15, 0.2) is 5.75 Å². The Labute approximate surface area is 125 Å². The third-order valence-electron chi connectivity index (χ3n) is 3.43. The summed E-state index contributed by atoms with van der Waals surface area (Å²) in [6.07, 6.45) is 3.79. The number of rotatable bonds is 5. The molecular weight excluding hydrogens is 280 g/mol. The van der Waals surface area contributed by atoms with Crippen LogP contribution in [0.25, 0.3) is 0 Å². The minimum absolute atomic E-state index is 0. The molecule has 20 heavy (non-hydrogen) atoms. The molecule has 2 rings (SSSR count). The van der Waals surface area contributed by atoms with Crippen molar-refractivity contribution in [1.29, 1.82) is 0 Å². The van der Waals surface area contributed by atoms with Crippen molar-refractivity contribution >= 4 is 18.1 Å². The highest BCUT2D eigenvalue weighted by Crippen LogP contribution is 2.27. The number of piperidine rings is 1. The third-order valence-corrected chi connectivity index (χ3v) is 3.43. The highest BCUT2D eigenvalue weighted by molar-refractivity contribution is 5.85. The maximum atomic E-state index is 10.9. The number of nitrogens with zero attached hydrogens (tertiary/aromatic N) is 2. The lowest BCUT2D eigenvalue weighted by atomic mass is 10.1. The molecule has 1 aromatic rings. The molecule has 6 heteroatoms. The lowest BCUT2D eigenvalue weighted by molar-refractivity contribution is -0.385. The van der Waals surface area contributed by atoms with Crippen LogP contribution in [0.2, 0.25) is 0 Å². The molecule has 0 atom stereocenters. The van der Waals surface area contributed by atoms with Gasteiger partial charge in [-0.1, -0.05) is 12.5 Å². The van der Waals surface area contributed by atoms with E-state index in [1.165, 1.54) is 25.3 Å². The number of likely N-dealkylation sites (tertiary alicyclic amines) is 1. The second kappa shape index (κ2) is 8.07. The van der Waals surface area contributed by atoms with Gasteiger partial charge < -0.3 is 4.74 Å². The summed E-state index contributed by atoms with van der Waals surface area (Å²) in [5, 5.41) is 10.9. The maximum absolute atomic E-state index is 10.9. The summed E-state index contributed by atoms with van der Waals surface area (Å²) in [7, 11) is 0. The summed E-state index contributed by atoms with van der Waals surface area (Å²) in [5.41, 5.74) is 1.02. The van der Waals surface area contributed by atoms with Crippen LogP contribution in [0.4, 0.5) is 5.69 Å². The quantitative estimate of drug-likeness (QED) is 0.619. The first-order valence-corrected chi connectivity index (χ1v) is 6.77. The number of ether oxygens (including phenoxy) is 1. The van der Waals surface area contributed by atoms with Crippen LogP contribution in [0.15, 0.2) is 18.2 Å². The molecule has 5 nitrogen and oxygen atoms in total. The average molecular weight is 301 g/mol. The second-order valence-electron chi connectivity index (χ2n) is 4.98. The molecule has 1 fully saturated rings. The number of hydrogen-bond acceptors (Lipinski definition) is 4. The van der Waals surface area contributed by atoms with E-state index < -0.39 is 4.92 Å². The van der Waals surface area contributed by atoms with Crippen molar-refractivity contribution < 1.29 is 9.66 Å². The molecular formula is C14H21ClN2O3. The Morgan fingerprint density at radius 1 is 1.30 bits per heavy atom. The fourth-order valence-corrected chi connectivity index (χ4v) is 2.36. The van der Waals surface area contributed by atoms with Gasteiger partial charge in [-0.15, -0.1) is 12.4 Å². The van der Waals surface area contributed by atoms with Gasteiger partial charge in [0.1, 0.15) is 6.61 Å². The Balaban J connectivity index is 0.00000200. The molecule has 0 aliphatic carbocycles. The van der Waals surface area contributed by atoms with Crippen LogP contribution in [0.3, 0.4) is 0 Å². The van der Waals surface area contributed by atoms with Gasteiger partial charge in [-0.05, 0) is 44.5 Å². The van der Waals surface area contributed by atoms with E-state index in [0.29, 0.717) is 12.4 Å². The molecule has 1 heterocycles. The zero-order chi connectivity index (χ0) is 13.7. The average Bonchev–Trinajstić information content (AvgIpc) is 2.39.